The predicted octanol–water partition coefficient (Wildman–Crippen LogP) is 4.06. The number of hydrogen-bond acceptors (Lipinski definition) is 2. The van der Waals surface area contributed by atoms with Crippen molar-refractivity contribution in [2.45, 2.75) is 64.5 Å². The Morgan fingerprint density at radius 2 is 1.95 bits per heavy atom. The minimum absolute atomic E-state index is 0.0835. The first-order valence-electron chi connectivity index (χ1n) is 7.78. The van der Waals surface area contributed by atoms with Crippen molar-refractivity contribution in [3.05, 3.63) is 29.6 Å². The van der Waals surface area contributed by atoms with Crippen LogP contribution in [0.5, 0.6) is 5.75 Å². The molecule has 0 heterocycles. The first-order chi connectivity index (χ1) is 9.56. The third-order valence-corrected chi connectivity index (χ3v) is 4.22. The Morgan fingerprint density at radius 1 is 1.25 bits per heavy atom. The lowest BCUT2D eigenvalue weighted by atomic mass is 9.89. The molecular formula is C17H26FNO. The molecule has 0 bridgehead atoms. The summed E-state index contributed by atoms with van der Waals surface area (Å²) in [7, 11) is 0. The zero-order valence-corrected chi connectivity index (χ0v) is 12.6. The van der Waals surface area contributed by atoms with E-state index in [1.165, 1.54) is 18.9 Å². The van der Waals surface area contributed by atoms with E-state index in [1.807, 2.05) is 13.0 Å². The van der Waals surface area contributed by atoms with Crippen molar-refractivity contribution in [3.8, 4) is 5.75 Å². The van der Waals surface area contributed by atoms with Gasteiger partial charge in [-0.05, 0) is 62.1 Å². The molecule has 2 rings (SSSR count). The molecule has 112 valence electrons. The molecule has 0 saturated heterocycles. The molecule has 1 atom stereocenters. The van der Waals surface area contributed by atoms with Crippen LogP contribution in [-0.2, 0) is 6.42 Å². The summed E-state index contributed by atoms with van der Waals surface area (Å²) in [6.07, 6.45) is 6.38. The predicted molar refractivity (Wildman–Crippen MR) is 80.4 cm³/mol. The molecule has 1 aromatic rings. The second-order valence-corrected chi connectivity index (χ2v) is 6.17. The van der Waals surface area contributed by atoms with Gasteiger partial charge in [0.1, 0.15) is 11.6 Å². The second-order valence-electron chi connectivity index (χ2n) is 6.17. The molecule has 0 aliphatic heterocycles. The van der Waals surface area contributed by atoms with Crippen molar-refractivity contribution >= 4 is 0 Å². The minimum Gasteiger partial charge on any atom is -0.490 e. The van der Waals surface area contributed by atoms with E-state index < -0.39 is 0 Å². The average Bonchev–Trinajstić information content (AvgIpc) is 2.40. The summed E-state index contributed by atoms with van der Waals surface area (Å²) in [5.74, 6) is 1.22. The fraction of sp³-hybridized carbons (Fsp3) is 0.647. The molecule has 2 nitrogen and oxygen atoms in total. The minimum atomic E-state index is -0.231. The first kappa shape index (κ1) is 15.3. The quantitative estimate of drug-likeness (QED) is 0.882. The van der Waals surface area contributed by atoms with Crippen LogP contribution in [0.4, 0.5) is 4.39 Å². The van der Waals surface area contributed by atoms with Crippen molar-refractivity contribution in [1.29, 1.82) is 0 Å². The van der Waals surface area contributed by atoms with Crippen molar-refractivity contribution < 1.29 is 9.13 Å². The zero-order chi connectivity index (χ0) is 14.5. The van der Waals surface area contributed by atoms with Gasteiger partial charge in [0.2, 0.25) is 0 Å². The Bertz CT molecular complexity index is 427. The molecule has 1 aliphatic rings. The normalized spacial score (nSPS) is 24.4. The largest absolute Gasteiger partial charge is 0.490 e. The third kappa shape index (κ3) is 4.48. The summed E-state index contributed by atoms with van der Waals surface area (Å²) in [4.78, 5) is 0. The highest BCUT2D eigenvalue weighted by atomic mass is 19.1. The van der Waals surface area contributed by atoms with Crippen LogP contribution in [0, 0.1) is 11.7 Å². The number of rotatable bonds is 5. The van der Waals surface area contributed by atoms with E-state index in [4.69, 9.17) is 10.5 Å². The van der Waals surface area contributed by atoms with Crippen LogP contribution >= 0.6 is 0 Å². The van der Waals surface area contributed by atoms with Gasteiger partial charge in [-0.3, -0.25) is 0 Å². The van der Waals surface area contributed by atoms with Crippen molar-refractivity contribution in [2.24, 2.45) is 11.7 Å². The van der Waals surface area contributed by atoms with E-state index in [9.17, 15) is 4.39 Å². The number of ether oxygens (including phenoxy) is 1. The van der Waals surface area contributed by atoms with E-state index in [-0.39, 0.29) is 18.0 Å². The van der Waals surface area contributed by atoms with Crippen LogP contribution in [0.2, 0.25) is 0 Å². The highest BCUT2D eigenvalue weighted by molar-refractivity contribution is 5.30. The lowest BCUT2D eigenvalue weighted by Crippen LogP contribution is -2.23. The van der Waals surface area contributed by atoms with Crippen LogP contribution < -0.4 is 10.5 Å². The summed E-state index contributed by atoms with van der Waals surface area (Å²) >= 11 is 0. The van der Waals surface area contributed by atoms with E-state index >= 15 is 0 Å². The highest BCUT2D eigenvalue weighted by Crippen LogP contribution is 2.28. The zero-order valence-electron chi connectivity index (χ0n) is 12.6. The number of hydrogen-bond donors (Lipinski definition) is 1. The lowest BCUT2D eigenvalue weighted by molar-refractivity contribution is 0.135. The van der Waals surface area contributed by atoms with Gasteiger partial charge in [-0.1, -0.05) is 13.8 Å². The molecule has 0 radical (unpaired) electrons. The molecule has 1 saturated carbocycles. The van der Waals surface area contributed by atoms with E-state index in [0.29, 0.717) is 12.2 Å². The highest BCUT2D eigenvalue weighted by Gasteiger charge is 2.20. The molecule has 3 heteroatoms. The number of halogens is 1. The fourth-order valence-electron chi connectivity index (χ4n) is 2.79. The van der Waals surface area contributed by atoms with E-state index in [2.05, 4.69) is 6.92 Å². The summed E-state index contributed by atoms with van der Waals surface area (Å²) in [5.41, 5.74) is 6.87. The van der Waals surface area contributed by atoms with Gasteiger partial charge in [0.15, 0.2) is 0 Å². The Balaban J connectivity index is 2.00. The maximum absolute atomic E-state index is 13.7. The molecule has 2 N–H and O–H groups in total. The number of benzene rings is 1. The SMILES string of the molecule is CCC(N)Cc1cc(F)cc(OC2CCC(C)CC2)c1. The lowest BCUT2D eigenvalue weighted by Gasteiger charge is -2.27. The van der Waals surface area contributed by atoms with Crippen LogP contribution in [0.25, 0.3) is 0 Å². The molecule has 1 fully saturated rings. The summed E-state index contributed by atoms with van der Waals surface area (Å²) in [6.45, 7) is 4.33. The van der Waals surface area contributed by atoms with Gasteiger partial charge >= 0.3 is 0 Å². The van der Waals surface area contributed by atoms with Gasteiger partial charge in [0.05, 0.1) is 6.10 Å². The third-order valence-electron chi connectivity index (χ3n) is 4.22. The summed E-state index contributed by atoms with van der Waals surface area (Å²) in [5, 5.41) is 0. The van der Waals surface area contributed by atoms with Gasteiger partial charge in [0, 0.05) is 12.1 Å². The molecule has 0 aromatic heterocycles. The first-order valence-corrected chi connectivity index (χ1v) is 7.78. The van der Waals surface area contributed by atoms with Gasteiger partial charge < -0.3 is 10.5 Å². The summed E-state index contributed by atoms with van der Waals surface area (Å²) in [6, 6.07) is 5.07. The smallest absolute Gasteiger partial charge is 0.127 e. The van der Waals surface area contributed by atoms with Gasteiger partial charge in [-0.25, -0.2) is 4.39 Å². The summed E-state index contributed by atoms with van der Waals surface area (Å²) < 4.78 is 19.6. The Hall–Kier alpha value is -1.09. The topological polar surface area (TPSA) is 35.2 Å². The van der Waals surface area contributed by atoms with Gasteiger partial charge in [0.25, 0.3) is 0 Å². The molecule has 20 heavy (non-hydrogen) atoms. The standard InChI is InChI=1S/C17H26FNO/c1-3-15(19)9-13-8-14(18)11-17(10-13)20-16-6-4-12(2)5-7-16/h8,10-12,15-16H,3-7,9,19H2,1-2H3. The van der Waals surface area contributed by atoms with E-state index in [1.54, 1.807) is 6.07 Å². The van der Waals surface area contributed by atoms with Gasteiger partial charge in [-0.2, -0.15) is 0 Å². The molecular weight excluding hydrogens is 253 g/mol. The molecule has 0 amide bonds. The Morgan fingerprint density at radius 3 is 2.60 bits per heavy atom. The van der Waals surface area contributed by atoms with Crippen molar-refractivity contribution in [1.82, 2.24) is 0 Å². The van der Waals surface area contributed by atoms with E-state index in [0.717, 1.165) is 30.7 Å². The van der Waals surface area contributed by atoms with Crippen molar-refractivity contribution in [2.75, 3.05) is 0 Å². The van der Waals surface area contributed by atoms with Gasteiger partial charge in [-0.15, -0.1) is 0 Å². The monoisotopic (exact) mass is 279 g/mol. The molecule has 0 spiro atoms. The Kier molecular flexibility index (Phi) is 5.41. The number of nitrogens with two attached hydrogens (primary N) is 1. The van der Waals surface area contributed by atoms with Crippen molar-refractivity contribution in [3.63, 3.8) is 0 Å². The molecule has 1 aromatic carbocycles. The van der Waals surface area contributed by atoms with Crippen LogP contribution in [-0.4, -0.2) is 12.1 Å². The Labute approximate surface area is 121 Å². The second kappa shape index (κ2) is 7.07. The van der Waals surface area contributed by atoms with Crippen LogP contribution in [0.1, 0.15) is 51.5 Å². The average molecular weight is 279 g/mol. The fourth-order valence-corrected chi connectivity index (χ4v) is 2.79. The molecule has 1 aliphatic carbocycles. The maximum Gasteiger partial charge on any atom is 0.127 e. The molecule has 1 unspecified atom stereocenters. The maximum atomic E-state index is 13.7. The van der Waals surface area contributed by atoms with Crippen LogP contribution in [0.15, 0.2) is 18.2 Å². The van der Waals surface area contributed by atoms with Crippen LogP contribution in [0.3, 0.4) is 0 Å².